The van der Waals surface area contributed by atoms with E-state index in [9.17, 15) is 22.8 Å². The maximum Gasteiger partial charge on any atom is 0.418 e. The first-order chi connectivity index (χ1) is 14.6. The summed E-state index contributed by atoms with van der Waals surface area (Å²) in [5.41, 5.74) is 5.03. The predicted octanol–water partition coefficient (Wildman–Crippen LogP) is 4.29. The molecule has 3 rings (SSSR count). The molecule has 1 amide bonds. The van der Waals surface area contributed by atoms with E-state index in [0.717, 1.165) is 0 Å². The highest BCUT2D eigenvalue weighted by molar-refractivity contribution is 5.93. The van der Waals surface area contributed by atoms with Gasteiger partial charge >= 0.3 is 12.1 Å². The molecule has 0 unspecified atom stereocenters. The number of carboxylic acids is 1. The van der Waals surface area contributed by atoms with Crippen LogP contribution < -0.4 is 10.5 Å². The molecule has 162 valence electrons. The van der Waals surface area contributed by atoms with Gasteiger partial charge in [-0.05, 0) is 66.6 Å². The molecule has 3 aromatic rings. The maximum absolute atomic E-state index is 13.9. The van der Waals surface area contributed by atoms with Crippen molar-refractivity contribution < 1.29 is 32.6 Å². The van der Waals surface area contributed by atoms with Gasteiger partial charge in [-0.2, -0.15) is 13.2 Å². The smallest absolute Gasteiger partial charge is 0.418 e. The van der Waals surface area contributed by atoms with E-state index < -0.39 is 23.6 Å². The molecule has 0 atom stereocenters. The molecule has 3 N–H and O–H groups in total. The van der Waals surface area contributed by atoms with Crippen molar-refractivity contribution >= 4 is 11.9 Å². The summed E-state index contributed by atoms with van der Waals surface area (Å²) in [7, 11) is 1.50. The normalized spacial score (nSPS) is 11.4. The van der Waals surface area contributed by atoms with Crippen molar-refractivity contribution in [3.63, 3.8) is 0 Å². The number of rotatable bonds is 7. The number of aliphatic carboxylic acids is 1. The number of carboxylic acid groups (broad SMARTS) is 1. The highest BCUT2D eigenvalue weighted by atomic mass is 19.4. The van der Waals surface area contributed by atoms with E-state index >= 15 is 0 Å². The number of aromatic nitrogens is 1. The number of benzene rings is 2. The molecule has 0 aliphatic carbocycles. The van der Waals surface area contributed by atoms with Crippen LogP contribution >= 0.6 is 0 Å². The average molecular weight is 432 g/mol. The second-order valence-corrected chi connectivity index (χ2v) is 6.76. The summed E-state index contributed by atoms with van der Waals surface area (Å²) in [4.78, 5) is 22.5. The highest BCUT2D eigenvalue weighted by Crippen LogP contribution is 2.38. The number of aryl methyl sites for hydroxylation is 1. The maximum atomic E-state index is 13.9. The Bertz CT molecular complexity index is 1120. The van der Waals surface area contributed by atoms with Crippen LogP contribution in [0.5, 0.6) is 5.75 Å². The number of halogens is 3. The summed E-state index contributed by atoms with van der Waals surface area (Å²) in [6.45, 7) is 0. The molecule has 0 bridgehead atoms. The molecule has 2 aromatic carbocycles. The number of amides is 1. The van der Waals surface area contributed by atoms with Gasteiger partial charge in [-0.3, -0.25) is 9.59 Å². The van der Waals surface area contributed by atoms with E-state index in [2.05, 4.69) is 0 Å². The number of methoxy groups -OCH3 is 1. The van der Waals surface area contributed by atoms with Gasteiger partial charge < -0.3 is 20.1 Å². The minimum absolute atomic E-state index is 0.0142. The first-order valence-corrected chi connectivity index (χ1v) is 9.20. The Morgan fingerprint density at radius 1 is 1.06 bits per heavy atom. The number of nitrogens with two attached hydrogens (primary N) is 1. The summed E-state index contributed by atoms with van der Waals surface area (Å²) in [6.07, 6.45) is -5.01. The van der Waals surface area contributed by atoms with Crippen molar-refractivity contribution in [3.05, 3.63) is 71.4 Å². The zero-order chi connectivity index (χ0) is 22.8. The fourth-order valence-corrected chi connectivity index (χ4v) is 3.29. The quantitative estimate of drug-likeness (QED) is 0.582. The SMILES string of the molecule is COc1ccc(-c2ccc(CCC(=O)O)n2-c2ccc(C(N)=O)cc2C(F)(F)F)cc1. The predicted molar refractivity (Wildman–Crippen MR) is 107 cm³/mol. The zero-order valence-electron chi connectivity index (χ0n) is 16.4. The first kappa shape index (κ1) is 21.9. The lowest BCUT2D eigenvalue weighted by molar-refractivity contribution is -0.138. The summed E-state index contributed by atoms with van der Waals surface area (Å²) in [6, 6.07) is 13.0. The van der Waals surface area contributed by atoms with Crippen LogP contribution in [0.15, 0.2) is 54.6 Å². The number of carbonyl (C=O) groups excluding carboxylic acids is 1. The minimum Gasteiger partial charge on any atom is -0.497 e. The number of nitrogens with zero attached hydrogens (tertiary/aromatic N) is 1. The lowest BCUT2D eigenvalue weighted by Crippen LogP contribution is -2.17. The molecule has 0 radical (unpaired) electrons. The van der Waals surface area contributed by atoms with Crippen LogP contribution in [0.1, 0.15) is 28.0 Å². The molecule has 1 aromatic heterocycles. The van der Waals surface area contributed by atoms with Crippen LogP contribution in [0.4, 0.5) is 13.2 Å². The van der Waals surface area contributed by atoms with Crippen molar-refractivity contribution in [2.75, 3.05) is 7.11 Å². The summed E-state index contributed by atoms with van der Waals surface area (Å²) in [5.74, 6) is -1.47. The number of hydrogen-bond acceptors (Lipinski definition) is 3. The number of primary amides is 1. The molecule has 0 aliphatic heterocycles. The summed E-state index contributed by atoms with van der Waals surface area (Å²) >= 11 is 0. The molecule has 31 heavy (non-hydrogen) atoms. The van der Waals surface area contributed by atoms with E-state index in [1.165, 1.54) is 23.8 Å². The van der Waals surface area contributed by atoms with Crippen LogP contribution in [-0.4, -0.2) is 28.7 Å². The molecular formula is C22H19F3N2O4. The topological polar surface area (TPSA) is 94.6 Å². The third kappa shape index (κ3) is 4.71. The van der Waals surface area contributed by atoms with Gasteiger partial charge in [0.05, 0.1) is 30.5 Å². The lowest BCUT2D eigenvalue weighted by atomic mass is 10.1. The first-order valence-electron chi connectivity index (χ1n) is 9.20. The second kappa shape index (κ2) is 8.55. The Hall–Kier alpha value is -3.75. The molecule has 9 heteroatoms. The van der Waals surface area contributed by atoms with Gasteiger partial charge in [-0.1, -0.05) is 0 Å². The second-order valence-electron chi connectivity index (χ2n) is 6.76. The van der Waals surface area contributed by atoms with E-state index in [4.69, 9.17) is 15.6 Å². The van der Waals surface area contributed by atoms with Gasteiger partial charge in [0.2, 0.25) is 5.91 Å². The molecule has 0 saturated carbocycles. The fraction of sp³-hybridized carbons (Fsp3) is 0.182. The third-order valence-electron chi connectivity index (χ3n) is 4.77. The average Bonchev–Trinajstić information content (AvgIpc) is 3.15. The monoisotopic (exact) mass is 432 g/mol. The van der Waals surface area contributed by atoms with E-state index in [1.54, 1.807) is 36.4 Å². The number of ether oxygens (including phenoxy) is 1. The molecule has 1 heterocycles. The fourth-order valence-electron chi connectivity index (χ4n) is 3.29. The zero-order valence-corrected chi connectivity index (χ0v) is 16.4. The standard InChI is InChI=1S/C22H19F3N2O4/c1-31-16-7-2-13(3-8-16)18-10-5-15(6-11-20(28)29)27(18)19-9-4-14(21(26)30)12-17(19)22(23,24)25/h2-5,7-10,12H,6,11H2,1H3,(H2,26,30)(H,28,29). The molecule has 0 fully saturated rings. The van der Waals surface area contributed by atoms with Gasteiger partial charge in [0.25, 0.3) is 0 Å². The Morgan fingerprint density at radius 3 is 2.29 bits per heavy atom. The van der Waals surface area contributed by atoms with E-state index in [1.807, 2.05) is 0 Å². The van der Waals surface area contributed by atoms with Crippen molar-refractivity contribution in [1.82, 2.24) is 4.57 Å². The van der Waals surface area contributed by atoms with Crippen molar-refractivity contribution in [1.29, 1.82) is 0 Å². The number of hydrogen-bond donors (Lipinski definition) is 2. The Kier molecular flexibility index (Phi) is 6.05. The third-order valence-corrected chi connectivity index (χ3v) is 4.77. The Morgan fingerprint density at radius 2 is 1.74 bits per heavy atom. The number of carbonyl (C=O) groups is 2. The van der Waals surface area contributed by atoms with Gasteiger partial charge in [0.1, 0.15) is 5.75 Å². The van der Waals surface area contributed by atoms with Gasteiger partial charge in [-0.15, -0.1) is 0 Å². The van der Waals surface area contributed by atoms with Crippen LogP contribution in [0.25, 0.3) is 16.9 Å². The van der Waals surface area contributed by atoms with Gasteiger partial charge in [-0.25, -0.2) is 0 Å². The molecular weight excluding hydrogens is 413 g/mol. The van der Waals surface area contributed by atoms with Crippen molar-refractivity contribution in [2.24, 2.45) is 5.73 Å². The van der Waals surface area contributed by atoms with Crippen LogP contribution in [0.3, 0.4) is 0 Å². The lowest BCUT2D eigenvalue weighted by Gasteiger charge is -2.20. The van der Waals surface area contributed by atoms with Crippen molar-refractivity contribution in [3.8, 4) is 22.7 Å². The summed E-state index contributed by atoms with van der Waals surface area (Å²) in [5, 5.41) is 9.04. The largest absolute Gasteiger partial charge is 0.497 e. The molecule has 0 spiro atoms. The van der Waals surface area contributed by atoms with E-state index in [0.29, 0.717) is 28.8 Å². The van der Waals surface area contributed by atoms with Crippen molar-refractivity contribution in [2.45, 2.75) is 19.0 Å². The number of alkyl halides is 3. The van der Waals surface area contributed by atoms with Crippen LogP contribution in [0, 0.1) is 0 Å². The summed E-state index contributed by atoms with van der Waals surface area (Å²) < 4.78 is 48.1. The van der Waals surface area contributed by atoms with Crippen LogP contribution in [-0.2, 0) is 17.4 Å². The molecule has 0 saturated heterocycles. The Balaban J connectivity index is 2.25. The van der Waals surface area contributed by atoms with Crippen LogP contribution in [0.2, 0.25) is 0 Å². The molecule has 0 aliphatic rings. The molecule has 6 nitrogen and oxygen atoms in total. The van der Waals surface area contributed by atoms with Gasteiger partial charge in [0, 0.05) is 11.3 Å². The van der Waals surface area contributed by atoms with Gasteiger partial charge in [0.15, 0.2) is 0 Å². The highest BCUT2D eigenvalue weighted by Gasteiger charge is 2.35. The minimum atomic E-state index is -4.77. The Labute approximate surface area is 175 Å². The van der Waals surface area contributed by atoms with E-state index in [-0.39, 0.29) is 24.1 Å².